The van der Waals surface area contributed by atoms with Crippen LogP contribution >= 0.6 is 0 Å². The van der Waals surface area contributed by atoms with Crippen LogP contribution < -0.4 is 14.8 Å². The largest absolute Gasteiger partial charge is 0.497 e. The minimum Gasteiger partial charge on any atom is -0.497 e. The van der Waals surface area contributed by atoms with Crippen LogP contribution in [0.2, 0.25) is 0 Å². The summed E-state index contributed by atoms with van der Waals surface area (Å²) >= 11 is 0. The molecule has 0 spiro atoms. The summed E-state index contributed by atoms with van der Waals surface area (Å²) < 4.78 is 32.3. The maximum atomic E-state index is 13.5. The highest BCUT2D eigenvalue weighted by Crippen LogP contribution is 2.38. The monoisotopic (exact) mass is 545 g/mol. The molecule has 210 valence electrons. The van der Waals surface area contributed by atoms with Crippen molar-refractivity contribution >= 4 is 16.8 Å². The number of carbonyl (C=O) groups is 1. The van der Waals surface area contributed by atoms with Crippen LogP contribution in [0, 0.1) is 5.82 Å². The molecular weight excluding hydrogens is 509 g/mol. The zero-order valence-corrected chi connectivity index (χ0v) is 23.1. The zero-order chi connectivity index (χ0) is 27.9. The number of hydrogen-bond acceptors (Lipinski definition) is 5. The first-order chi connectivity index (χ1) is 19.5. The third-order valence-corrected chi connectivity index (χ3v) is 7.48. The van der Waals surface area contributed by atoms with Crippen molar-refractivity contribution in [2.24, 2.45) is 0 Å². The van der Waals surface area contributed by atoms with Gasteiger partial charge in [0.05, 0.1) is 27.4 Å². The van der Waals surface area contributed by atoms with Gasteiger partial charge < -0.3 is 24.1 Å². The molecule has 1 aliphatic rings. The highest BCUT2D eigenvalue weighted by Gasteiger charge is 2.24. The second-order valence-electron chi connectivity index (χ2n) is 10.1. The van der Waals surface area contributed by atoms with Crippen molar-refractivity contribution in [2.75, 3.05) is 53.6 Å². The molecule has 1 fully saturated rings. The molecule has 0 aliphatic carbocycles. The van der Waals surface area contributed by atoms with Crippen molar-refractivity contribution in [2.45, 2.75) is 18.9 Å². The van der Waals surface area contributed by atoms with Gasteiger partial charge in [-0.1, -0.05) is 30.3 Å². The minimum atomic E-state index is -0.256. The average molecular weight is 546 g/mol. The molecule has 1 N–H and O–H groups in total. The number of morpholine rings is 1. The zero-order valence-electron chi connectivity index (χ0n) is 23.1. The first-order valence-electron chi connectivity index (χ1n) is 13.7. The highest BCUT2D eigenvalue weighted by molar-refractivity contribution is 5.87. The summed E-state index contributed by atoms with van der Waals surface area (Å²) in [4.78, 5) is 15.7. The van der Waals surface area contributed by atoms with Gasteiger partial charge in [0.25, 0.3) is 0 Å². The number of nitrogens with one attached hydrogen (secondary N) is 1. The van der Waals surface area contributed by atoms with Crippen molar-refractivity contribution in [3.8, 4) is 11.5 Å². The molecule has 7 nitrogen and oxygen atoms in total. The Morgan fingerprint density at radius 1 is 1.00 bits per heavy atom. The van der Waals surface area contributed by atoms with E-state index in [1.165, 1.54) is 12.1 Å². The third-order valence-electron chi connectivity index (χ3n) is 7.48. The maximum absolute atomic E-state index is 13.5. The molecular formula is C32H36FN3O4. The molecule has 1 amide bonds. The topological polar surface area (TPSA) is 65.0 Å². The number of rotatable bonds is 11. The Kier molecular flexibility index (Phi) is 8.98. The van der Waals surface area contributed by atoms with E-state index in [0.29, 0.717) is 24.6 Å². The van der Waals surface area contributed by atoms with Crippen LogP contribution in [0.4, 0.5) is 4.39 Å². The number of aromatic nitrogens is 1. The Morgan fingerprint density at radius 2 is 1.70 bits per heavy atom. The van der Waals surface area contributed by atoms with E-state index in [4.69, 9.17) is 14.2 Å². The van der Waals surface area contributed by atoms with Gasteiger partial charge >= 0.3 is 0 Å². The molecule has 1 aliphatic heterocycles. The van der Waals surface area contributed by atoms with Gasteiger partial charge in [-0.25, -0.2) is 4.39 Å². The second kappa shape index (κ2) is 13.0. The molecule has 3 aromatic carbocycles. The van der Waals surface area contributed by atoms with Crippen LogP contribution in [0.1, 0.15) is 29.0 Å². The first-order valence-corrected chi connectivity index (χ1v) is 13.7. The smallest absolute Gasteiger partial charge is 0.220 e. The number of benzene rings is 3. The average Bonchev–Trinajstić information content (AvgIpc) is 3.35. The maximum Gasteiger partial charge on any atom is 0.220 e. The summed E-state index contributed by atoms with van der Waals surface area (Å²) in [5.41, 5.74) is 4.02. The lowest BCUT2D eigenvalue weighted by Crippen LogP contribution is -2.41. The molecule has 40 heavy (non-hydrogen) atoms. The van der Waals surface area contributed by atoms with Gasteiger partial charge in [0.15, 0.2) is 0 Å². The number of nitrogens with zero attached hydrogens (tertiary/aromatic N) is 2. The van der Waals surface area contributed by atoms with Crippen molar-refractivity contribution in [1.29, 1.82) is 0 Å². The lowest BCUT2D eigenvalue weighted by Gasteiger charge is -2.26. The fourth-order valence-corrected chi connectivity index (χ4v) is 5.34. The van der Waals surface area contributed by atoms with Gasteiger partial charge in [0.2, 0.25) is 5.91 Å². The number of halogens is 1. The van der Waals surface area contributed by atoms with Crippen LogP contribution in [-0.4, -0.2) is 69.0 Å². The standard InChI is InChI=1S/C32H36FN3O4/c1-38-26-17-24(18-27(19-26)39-2)29(20-32(37)34-11-12-35-13-15-40-16-14-35)30-22-36(31-6-4-3-5-28(30)31)21-23-7-9-25(33)10-8-23/h3-10,17-19,22,29H,11-16,20-21H2,1-2H3,(H,34,37). The number of ether oxygens (including phenoxy) is 3. The molecule has 1 aromatic heterocycles. The van der Waals surface area contributed by atoms with Crippen LogP contribution in [-0.2, 0) is 16.1 Å². The van der Waals surface area contributed by atoms with E-state index in [1.807, 2.05) is 30.3 Å². The van der Waals surface area contributed by atoms with Crippen molar-refractivity contribution in [1.82, 2.24) is 14.8 Å². The van der Waals surface area contributed by atoms with Gasteiger partial charge in [0, 0.05) is 68.2 Å². The normalized spacial score (nSPS) is 14.7. The van der Waals surface area contributed by atoms with E-state index in [1.54, 1.807) is 26.4 Å². The van der Waals surface area contributed by atoms with E-state index < -0.39 is 0 Å². The minimum absolute atomic E-state index is 0.0181. The molecule has 2 heterocycles. The van der Waals surface area contributed by atoms with Crippen LogP contribution in [0.15, 0.2) is 72.9 Å². The molecule has 1 atom stereocenters. The summed E-state index contributed by atoms with van der Waals surface area (Å²) in [5.74, 6) is 0.819. The van der Waals surface area contributed by atoms with Crippen molar-refractivity contribution < 1.29 is 23.4 Å². The number of hydrogen-bond donors (Lipinski definition) is 1. The van der Waals surface area contributed by atoms with Gasteiger partial charge in [-0.2, -0.15) is 0 Å². The van der Waals surface area contributed by atoms with E-state index >= 15 is 0 Å². The Balaban J connectivity index is 1.47. The Morgan fingerprint density at radius 3 is 2.40 bits per heavy atom. The Bertz CT molecular complexity index is 1410. The highest BCUT2D eigenvalue weighted by atomic mass is 19.1. The summed E-state index contributed by atoms with van der Waals surface area (Å²) in [7, 11) is 3.25. The van der Waals surface area contributed by atoms with E-state index in [-0.39, 0.29) is 24.1 Å². The molecule has 1 unspecified atom stereocenters. The quantitative estimate of drug-likeness (QED) is 0.293. The molecule has 8 heteroatoms. The van der Waals surface area contributed by atoms with E-state index in [2.05, 4.69) is 33.1 Å². The van der Waals surface area contributed by atoms with Crippen LogP contribution in [0.5, 0.6) is 11.5 Å². The van der Waals surface area contributed by atoms with E-state index in [0.717, 1.165) is 60.4 Å². The SMILES string of the molecule is COc1cc(OC)cc(C(CC(=O)NCCN2CCOCC2)c2cn(Cc3ccc(F)cc3)c3ccccc23)c1. The lowest BCUT2D eigenvalue weighted by molar-refractivity contribution is -0.121. The van der Waals surface area contributed by atoms with Crippen molar-refractivity contribution in [3.05, 3.63) is 95.4 Å². The molecule has 4 aromatic rings. The van der Waals surface area contributed by atoms with Gasteiger partial charge in [-0.3, -0.25) is 9.69 Å². The lowest BCUT2D eigenvalue weighted by atomic mass is 9.87. The predicted molar refractivity (Wildman–Crippen MR) is 154 cm³/mol. The number of para-hydroxylation sites is 1. The summed E-state index contributed by atoms with van der Waals surface area (Å²) in [6.45, 7) is 5.19. The Labute approximate surface area is 234 Å². The van der Waals surface area contributed by atoms with Crippen LogP contribution in [0.3, 0.4) is 0 Å². The van der Waals surface area contributed by atoms with Gasteiger partial charge in [-0.05, 0) is 47.0 Å². The fourth-order valence-electron chi connectivity index (χ4n) is 5.34. The van der Waals surface area contributed by atoms with Gasteiger partial charge in [-0.15, -0.1) is 0 Å². The molecule has 1 saturated heterocycles. The Hall–Kier alpha value is -3.88. The number of fused-ring (bicyclic) bond motifs is 1. The van der Waals surface area contributed by atoms with E-state index in [9.17, 15) is 9.18 Å². The molecule has 0 radical (unpaired) electrons. The second-order valence-corrected chi connectivity index (χ2v) is 10.1. The number of amides is 1. The molecule has 0 saturated carbocycles. The van der Waals surface area contributed by atoms with Crippen LogP contribution in [0.25, 0.3) is 10.9 Å². The van der Waals surface area contributed by atoms with Gasteiger partial charge in [0.1, 0.15) is 17.3 Å². The summed E-state index contributed by atoms with van der Waals surface area (Å²) in [6, 6.07) is 20.5. The first kappa shape index (κ1) is 27.7. The molecule has 5 rings (SSSR count). The summed E-state index contributed by atoms with van der Waals surface area (Å²) in [6.07, 6.45) is 2.38. The predicted octanol–water partition coefficient (Wildman–Crippen LogP) is 4.82. The number of carbonyl (C=O) groups excluding carboxylic acids is 1. The third kappa shape index (κ3) is 6.63. The van der Waals surface area contributed by atoms with Crippen molar-refractivity contribution in [3.63, 3.8) is 0 Å². The summed E-state index contributed by atoms with van der Waals surface area (Å²) in [5, 5.41) is 4.20. The molecule has 0 bridgehead atoms. The number of methoxy groups -OCH3 is 2. The fraction of sp³-hybridized carbons (Fsp3) is 0.344.